The number of alkyl halides is 8. The monoisotopic (exact) mass is 528 g/mol. The highest BCUT2D eigenvalue weighted by molar-refractivity contribution is 6.29. The molecular weight excluding hydrogens is 516 g/mol. The Bertz CT molecular complexity index is 1370. The van der Waals surface area contributed by atoms with Crippen molar-refractivity contribution in [2.24, 2.45) is 0 Å². The third kappa shape index (κ3) is 4.99. The van der Waals surface area contributed by atoms with Gasteiger partial charge in [-0.05, 0) is 19.1 Å². The second-order valence-corrected chi connectivity index (χ2v) is 7.45. The molecule has 0 radical (unpaired) electrons. The predicted octanol–water partition coefficient (Wildman–Crippen LogP) is 4.64. The number of hydrogen-bond donors (Lipinski definition) is 2. The molecule has 0 aliphatic heterocycles. The second kappa shape index (κ2) is 8.94. The Morgan fingerprint density at radius 2 is 1.80 bits per heavy atom. The Balaban J connectivity index is 2.23. The number of allylic oxidation sites excluding steroid dienone is 1. The molecule has 7 nitrogen and oxygen atoms in total. The lowest BCUT2D eigenvalue weighted by atomic mass is 10.1. The largest absolute Gasteiger partial charge is 0.455 e. The number of fused-ring (bicyclic) bond motifs is 1. The molecule has 16 heteroatoms. The van der Waals surface area contributed by atoms with Crippen LogP contribution in [0.25, 0.3) is 17.2 Å². The molecule has 2 N–H and O–H groups in total. The molecule has 35 heavy (non-hydrogen) atoms. The van der Waals surface area contributed by atoms with E-state index in [2.05, 4.69) is 9.97 Å². The van der Waals surface area contributed by atoms with E-state index in [0.29, 0.717) is 4.40 Å². The van der Waals surface area contributed by atoms with Gasteiger partial charge in [0.15, 0.2) is 5.69 Å². The van der Waals surface area contributed by atoms with Gasteiger partial charge in [-0.25, -0.2) is 9.97 Å². The normalized spacial score (nSPS) is 13.4. The van der Waals surface area contributed by atoms with E-state index in [0.717, 1.165) is 10.8 Å². The summed E-state index contributed by atoms with van der Waals surface area (Å²) in [6.45, 7) is -0.611. The number of pyridine rings is 1. The predicted molar refractivity (Wildman–Crippen MR) is 109 cm³/mol. The van der Waals surface area contributed by atoms with E-state index < -0.39 is 53.0 Å². The van der Waals surface area contributed by atoms with Crippen molar-refractivity contribution in [1.82, 2.24) is 24.3 Å². The van der Waals surface area contributed by atoms with Crippen molar-refractivity contribution < 1.29 is 35.1 Å². The van der Waals surface area contributed by atoms with Gasteiger partial charge in [0.1, 0.15) is 11.0 Å². The number of imidazole rings is 1. The molecule has 3 heterocycles. The summed E-state index contributed by atoms with van der Waals surface area (Å²) in [5.41, 5.74) is -5.09. The van der Waals surface area contributed by atoms with Crippen molar-refractivity contribution >= 4 is 29.2 Å². The van der Waals surface area contributed by atoms with Gasteiger partial charge in [-0.1, -0.05) is 17.7 Å². The first-order chi connectivity index (χ1) is 16.1. The standard InChI is InChI=1S/C19H13ClF8N6O/c1-9-7-33-15(35)13(10(5-29)6-30-8-17(21,22)19(26,27)28)14(18(23,24)25)32-16(33)34(9)12-4-2-3-11(20)31-12/h2-7,29-30H,8H2,1H3/b10-6+,29-5?. The maximum absolute atomic E-state index is 13.9. The molecule has 188 valence electrons. The second-order valence-electron chi connectivity index (χ2n) is 7.06. The molecule has 0 saturated carbocycles. The zero-order valence-corrected chi connectivity index (χ0v) is 18.0. The molecule has 0 fully saturated rings. The number of nitrogens with one attached hydrogen (secondary N) is 2. The van der Waals surface area contributed by atoms with Crippen LogP contribution in [-0.2, 0) is 6.18 Å². The lowest BCUT2D eigenvalue weighted by Crippen LogP contribution is -2.44. The average Bonchev–Trinajstić information content (AvgIpc) is 3.06. The molecule has 0 amide bonds. The molecule has 0 spiro atoms. The SMILES string of the molecule is Cc1cn2c(=O)c(/C(C=N)=C/NCC(F)(F)C(F)(F)F)c(C(F)(F)F)nc2n1-c1cccc(Cl)n1. The molecule has 3 rings (SSSR count). The highest BCUT2D eigenvalue weighted by atomic mass is 35.5. The Labute approximate surface area is 195 Å². The van der Waals surface area contributed by atoms with E-state index in [9.17, 15) is 39.9 Å². The lowest BCUT2D eigenvalue weighted by molar-refractivity contribution is -0.278. The van der Waals surface area contributed by atoms with Gasteiger partial charge in [0.05, 0.1) is 12.1 Å². The van der Waals surface area contributed by atoms with Crippen LogP contribution in [0.4, 0.5) is 35.1 Å². The summed E-state index contributed by atoms with van der Waals surface area (Å²) < 4.78 is 107. The van der Waals surface area contributed by atoms with Crippen molar-refractivity contribution in [3.63, 3.8) is 0 Å². The van der Waals surface area contributed by atoms with Gasteiger partial charge in [-0.2, -0.15) is 35.1 Å². The first-order valence-electron chi connectivity index (χ1n) is 9.32. The minimum atomic E-state index is -5.93. The van der Waals surface area contributed by atoms with Crippen LogP contribution in [0.2, 0.25) is 5.15 Å². The molecule has 0 saturated heterocycles. The van der Waals surface area contributed by atoms with Crippen molar-refractivity contribution in [2.45, 2.75) is 25.2 Å². The Hall–Kier alpha value is -3.49. The van der Waals surface area contributed by atoms with Crippen LogP contribution in [0.5, 0.6) is 0 Å². The summed E-state index contributed by atoms with van der Waals surface area (Å²) in [5, 5.41) is 8.88. The molecule has 3 aromatic heterocycles. The summed E-state index contributed by atoms with van der Waals surface area (Å²) in [7, 11) is 0. The molecule has 0 aromatic carbocycles. The molecule has 0 unspecified atom stereocenters. The van der Waals surface area contributed by atoms with Crippen LogP contribution in [-0.4, -0.2) is 43.8 Å². The highest BCUT2D eigenvalue weighted by Crippen LogP contribution is 2.35. The summed E-state index contributed by atoms with van der Waals surface area (Å²) >= 11 is 5.84. The van der Waals surface area contributed by atoms with Crippen LogP contribution in [0.3, 0.4) is 0 Å². The number of hydrogen-bond acceptors (Lipinski definition) is 5. The van der Waals surface area contributed by atoms with Crippen molar-refractivity contribution in [3.8, 4) is 5.82 Å². The third-order valence-corrected chi connectivity index (χ3v) is 4.81. The van der Waals surface area contributed by atoms with Gasteiger partial charge in [-0.3, -0.25) is 13.8 Å². The van der Waals surface area contributed by atoms with Crippen LogP contribution < -0.4 is 10.9 Å². The molecule has 0 bridgehead atoms. The van der Waals surface area contributed by atoms with Crippen molar-refractivity contribution in [2.75, 3.05) is 6.54 Å². The van der Waals surface area contributed by atoms with Gasteiger partial charge >= 0.3 is 18.3 Å². The van der Waals surface area contributed by atoms with Gasteiger partial charge in [0, 0.05) is 29.9 Å². The van der Waals surface area contributed by atoms with E-state index in [-0.39, 0.29) is 29.1 Å². The topological polar surface area (TPSA) is 88.1 Å². The van der Waals surface area contributed by atoms with Gasteiger partial charge in [-0.15, -0.1) is 0 Å². The zero-order chi connectivity index (χ0) is 26.3. The van der Waals surface area contributed by atoms with E-state index in [1.807, 2.05) is 0 Å². The quantitative estimate of drug-likeness (QED) is 0.277. The van der Waals surface area contributed by atoms with E-state index in [1.54, 1.807) is 0 Å². The Morgan fingerprint density at radius 1 is 1.14 bits per heavy atom. The minimum Gasteiger partial charge on any atom is -0.384 e. The van der Waals surface area contributed by atoms with Crippen LogP contribution >= 0.6 is 11.6 Å². The Kier molecular flexibility index (Phi) is 6.67. The number of rotatable bonds is 6. The summed E-state index contributed by atoms with van der Waals surface area (Å²) in [6.07, 6.45) is -9.60. The van der Waals surface area contributed by atoms with E-state index in [1.165, 1.54) is 30.4 Å². The van der Waals surface area contributed by atoms with Crippen LogP contribution in [0, 0.1) is 12.3 Å². The number of aromatic nitrogens is 4. The molecule has 0 aliphatic rings. The van der Waals surface area contributed by atoms with E-state index in [4.69, 9.17) is 17.0 Å². The van der Waals surface area contributed by atoms with Gasteiger partial charge in [0.25, 0.3) is 5.56 Å². The van der Waals surface area contributed by atoms with Crippen molar-refractivity contribution in [3.05, 3.63) is 63.1 Å². The molecular formula is C19H13ClF8N6O. The zero-order valence-electron chi connectivity index (χ0n) is 17.3. The number of halogens is 9. The fraction of sp³-hybridized carbons (Fsp3) is 0.263. The lowest BCUT2D eigenvalue weighted by Gasteiger charge is -2.19. The highest BCUT2D eigenvalue weighted by Gasteiger charge is 2.57. The first kappa shape index (κ1) is 26.1. The fourth-order valence-corrected chi connectivity index (χ4v) is 3.20. The van der Waals surface area contributed by atoms with Gasteiger partial charge in [0.2, 0.25) is 5.78 Å². The summed E-state index contributed by atoms with van der Waals surface area (Å²) in [5.74, 6) is -5.72. The maximum Gasteiger partial charge on any atom is 0.455 e. The number of aryl methyl sites for hydroxylation is 1. The fourth-order valence-electron chi connectivity index (χ4n) is 3.04. The smallest absolute Gasteiger partial charge is 0.384 e. The van der Waals surface area contributed by atoms with Crippen molar-refractivity contribution in [1.29, 1.82) is 5.41 Å². The number of nitrogens with zero attached hydrogens (tertiary/aromatic N) is 4. The molecule has 0 atom stereocenters. The Morgan fingerprint density at radius 3 is 2.34 bits per heavy atom. The third-order valence-electron chi connectivity index (χ3n) is 4.60. The average molecular weight is 529 g/mol. The minimum absolute atomic E-state index is 0.000444. The van der Waals surface area contributed by atoms with Crippen LogP contribution in [0.15, 0.2) is 35.4 Å². The van der Waals surface area contributed by atoms with Crippen LogP contribution in [0.1, 0.15) is 17.0 Å². The van der Waals surface area contributed by atoms with Gasteiger partial charge < -0.3 is 10.7 Å². The first-order valence-corrected chi connectivity index (χ1v) is 9.70. The molecule has 0 aliphatic carbocycles. The van der Waals surface area contributed by atoms with E-state index >= 15 is 0 Å². The maximum atomic E-state index is 13.9. The summed E-state index contributed by atoms with van der Waals surface area (Å²) in [6, 6.07) is 4.25. The summed E-state index contributed by atoms with van der Waals surface area (Å²) in [4.78, 5) is 20.5. The molecule has 3 aromatic rings.